The number of hydrogen-bond donors (Lipinski definition) is 1. The number of aliphatic hydroxyl groups excluding tert-OH is 1. The molecule has 1 atom stereocenters. The zero-order chi connectivity index (χ0) is 25.8. The molecule has 0 saturated carbocycles. The Hall–Kier alpha value is -1.61. The van der Waals surface area contributed by atoms with Crippen molar-refractivity contribution in [2.24, 2.45) is 0 Å². The largest absolute Gasteiger partial charge is 0.543 e. The highest BCUT2D eigenvalue weighted by Gasteiger charge is 2.41. The van der Waals surface area contributed by atoms with E-state index >= 15 is 0 Å². The van der Waals surface area contributed by atoms with Crippen molar-refractivity contribution >= 4 is 21.6 Å². The van der Waals surface area contributed by atoms with Crippen LogP contribution in [0.3, 0.4) is 0 Å². The maximum atomic E-state index is 10.5. The SMILES string of the molecule is CC(C)(C)[Si](C)(C)Oc1ccc([Si](C)(C)C(C)(C)C)c(OC[C@H](O)COCc2ccccc2)c1. The van der Waals surface area contributed by atoms with Gasteiger partial charge in [0.1, 0.15) is 24.2 Å². The van der Waals surface area contributed by atoms with E-state index in [0.29, 0.717) is 6.61 Å². The van der Waals surface area contributed by atoms with Crippen molar-refractivity contribution in [1.29, 1.82) is 0 Å². The molecule has 0 unspecified atom stereocenters. The van der Waals surface area contributed by atoms with Crippen LogP contribution in [-0.4, -0.2) is 40.8 Å². The first-order valence-electron chi connectivity index (χ1n) is 12.3. The van der Waals surface area contributed by atoms with Crippen LogP contribution in [0, 0.1) is 0 Å². The molecule has 2 rings (SSSR count). The van der Waals surface area contributed by atoms with Crippen LogP contribution in [-0.2, 0) is 11.3 Å². The van der Waals surface area contributed by atoms with E-state index in [1.165, 1.54) is 5.19 Å². The van der Waals surface area contributed by atoms with E-state index in [4.69, 9.17) is 13.9 Å². The van der Waals surface area contributed by atoms with Gasteiger partial charge in [0.05, 0.1) is 21.3 Å². The van der Waals surface area contributed by atoms with E-state index in [1.807, 2.05) is 36.4 Å². The molecule has 0 aliphatic carbocycles. The molecular weight excluding hydrogens is 456 g/mol. The standard InChI is InChI=1S/C28H46O4Si2/c1-27(2,3)33(7,8)26-17-16-24(32-34(9,10)28(4,5)6)18-25(26)31-21-23(29)20-30-19-22-14-12-11-13-15-22/h11-18,23,29H,19-21H2,1-10H3/t23-/m1/s1. The van der Waals surface area contributed by atoms with Crippen LogP contribution in [0.15, 0.2) is 48.5 Å². The molecule has 0 fully saturated rings. The Kier molecular flexibility index (Phi) is 9.25. The molecule has 4 nitrogen and oxygen atoms in total. The molecule has 0 aliphatic rings. The third-order valence-electron chi connectivity index (χ3n) is 7.53. The van der Waals surface area contributed by atoms with Crippen molar-refractivity contribution in [2.45, 2.75) is 90.5 Å². The van der Waals surface area contributed by atoms with Gasteiger partial charge in [0.25, 0.3) is 0 Å². The van der Waals surface area contributed by atoms with Gasteiger partial charge in [0.2, 0.25) is 8.32 Å². The van der Waals surface area contributed by atoms with Gasteiger partial charge in [-0.2, -0.15) is 0 Å². The van der Waals surface area contributed by atoms with Gasteiger partial charge in [0.15, 0.2) is 0 Å². The first kappa shape index (κ1) is 28.6. The smallest absolute Gasteiger partial charge is 0.250 e. The highest BCUT2D eigenvalue weighted by atomic mass is 28.4. The van der Waals surface area contributed by atoms with E-state index < -0.39 is 22.5 Å². The highest BCUT2D eigenvalue weighted by molar-refractivity contribution is 6.92. The molecule has 190 valence electrons. The lowest BCUT2D eigenvalue weighted by Crippen LogP contribution is -2.50. The third-order valence-corrected chi connectivity index (χ3v) is 17.4. The Morgan fingerprint density at radius 2 is 1.44 bits per heavy atom. The van der Waals surface area contributed by atoms with Crippen LogP contribution in [0.1, 0.15) is 47.1 Å². The maximum absolute atomic E-state index is 10.5. The molecule has 34 heavy (non-hydrogen) atoms. The van der Waals surface area contributed by atoms with Crippen LogP contribution < -0.4 is 14.3 Å². The van der Waals surface area contributed by atoms with Crippen molar-refractivity contribution in [3.8, 4) is 11.5 Å². The number of benzene rings is 2. The Morgan fingerprint density at radius 3 is 2.00 bits per heavy atom. The van der Waals surface area contributed by atoms with E-state index in [1.54, 1.807) is 0 Å². The molecule has 0 amide bonds. The molecule has 2 aromatic rings. The fraction of sp³-hybridized carbons (Fsp3) is 0.571. The molecule has 0 aromatic heterocycles. The second-order valence-corrected chi connectivity index (χ2v) is 22.4. The molecule has 6 heteroatoms. The Labute approximate surface area is 209 Å². The molecule has 0 heterocycles. The summed E-state index contributed by atoms with van der Waals surface area (Å²) in [5.41, 5.74) is 1.09. The van der Waals surface area contributed by atoms with Gasteiger partial charge >= 0.3 is 0 Å². The molecule has 0 spiro atoms. The summed E-state index contributed by atoms with van der Waals surface area (Å²) in [4.78, 5) is 0. The van der Waals surface area contributed by atoms with Crippen LogP contribution in [0.5, 0.6) is 11.5 Å². The van der Waals surface area contributed by atoms with Crippen molar-refractivity contribution in [3.63, 3.8) is 0 Å². The summed E-state index contributed by atoms with van der Waals surface area (Å²) in [6.45, 7) is 23.8. The Bertz CT molecular complexity index is 912. The average Bonchev–Trinajstić information content (AvgIpc) is 2.71. The molecule has 1 N–H and O–H groups in total. The van der Waals surface area contributed by atoms with Crippen molar-refractivity contribution in [1.82, 2.24) is 0 Å². The molecule has 0 bridgehead atoms. The summed E-state index contributed by atoms with van der Waals surface area (Å²) in [7, 11) is -3.84. The normalized spacial score (nSPS) is 14.1. The van der Waals surface area contributed by atoms with Gasteiger partial charge in [-0.3, -0.25) is 0 Å². The summed E-state index contributed by atoms with van der Waals surface area (Å²) in [5, 5.41) is 12.1. The summed E-state index contributed by atoms with van der Waals surface area (Å²) >= 11 is 0. The van der Waals surface area contributed by atoms with E-state index in [9.17, 15) is 5.11 Å². The second kappa shape index (κ2) is 11.0. The third kappa shape index (κ3) is 7.44. The number of aliphatic hydroxyl groups is 1. The average molecular weight is 503 g/mol. The van der Waals surface area contributed by atoms with Gasteiger partial charge in [-0.1, -0.05) is 91.0 Å². The molecular formula is C28H46O4Si2. The minimum atomic E-state index is -1.98. The van der Waals surface area contributed by atoms with E-state index in [-0.39, 0.29) is 23.3 Å². The van der Waals surface area contributed by atoms with Crippen LogP contribution in [0.2, 0.25) is 36.3 Å². The lowest BCUT2D eigenvalue weighted by molar-refractivity contribution is 0.00564. The minimum absolute atomic E-state index is 0.110. The fourth-order valence-corrected chi connectivity index (χ4v) is 6.27. The lowest BCUT2D eigenvalue weighted by atomic mass is 10.2. The summed E-state index contributed by atoms with van der Waals surface area (Å²) < 4.78 is 18.5. The van der Waals surface area contributed by atoms with Gasteiger partial charge in [-0.05, 0) is 40.0 Å². The first-order valence-corrected chi connectivity index (χ1v) is 18.2. The van der Waals surface area contributed by atoms with Crippen LogP contribution in [0.25, 0.3) is 0 Å². The predicted octanol–water partition coefficient (Wildman–Crippen LogP) is 6.74. The van der Waals surface area contributed by atoms with Gasteiger partial charge < -0.3 is 19.0 Å². The maximum Gasteiger partial charge on any atom is 0.250 e. The van der Waals surface area contributed by atoms with Gasteiger partial charge in [0, 0.05) is 6.07 Å². The second-order valence-electron chi connectivity index (χ2n) is 12.4. The quantitative estimate of drug-likeness (QED) is 0.365. The van der Waals surface area contributed by atoms with Crippen molar-refractivity contribution < 1.29 is 19.0 Å². The Morgan fingerprint density at radius 1 is 0.824 bits per heavy atom. The number of ether oxygens (including phenoxy) is 2. The molecule has 0 radical (unpaired) electrons. The zero-order valence-corrected chi connectivity index (χ0v) is 25.0. The Balaban J connectivity index is 2.19. The number of rotatable bonds is 10. The summed E-state index contributed by atoms with van der Waals surface area (Å²) in [6.07, 6.45) is -0.707. The summed E-state index contributed by atoms with van der Waals surface area (Å²) in [5.74, 6) is 1.67. The van der Waals surface area contributed by atoms with Crippen molar-refractivity contribution in [3.05, 3.63) is 54.1 Å². The first-order chi connectivity index (χ1) is 15.5. The zero-order valence-electron chi connectivity index (χ0n) is 23.0. The van der Waals surface area contributed by atoms with Crippen LogP contribution in [0.4, 0.5) is 0 Å². The molecule has 0 aliphatic heterocycles. The monoisotopic (exact) mass is 502 g/mol. The molecule has 2 aromatic carbocycles. The van der Waals surface area contributed by atoms with Gasteiger partial charge in [-0.15, -0.1) is 0 Å². The minimum Gasteiger partial charge on any atom is -0.543 e. The number of hydrogen-bond acceptors (Lipinski definition) is 4. The summed E-state index contributed by atoms with van der Waals surface area (Å²) in [6, 6.07) is 16.3. The highest BCUT2D eigenvalue weighted by Crippen LogP contribution is 2.40. The predicted molar refractivity (Wildman–Crippen MR) is 149 cm³/mol. The topological polar surface area (TPSA) is 47.9 Å². The van der Waals surface area contributed by atoms with E-state index in [2.05, 4.69) is 79.9 Å². The fourth-order valence-electron chi connectivity index (χ4n) is 3.17. The lowest BCUT2D eigenvalue weighted by Gasteiger charge is -2.39. The van der Waals surface area contributed by atoms with Crippen LogP contribution >= 0.6 is 0 Å². The van der Waals surface area contributed by atoms with E-state index in [0.717, 1.165) is 17.1 Å². The van der Waals surface area contributed by atoms with Gasteiger partial charge in [-0.25, -0.2) is 0 Å². The van der Waals surface area contributed by atoms with Crippen molar-refractivity contribution in [2.75, 3.05) is 13.2 Å². The molecule has 0 saturated heterocycles.